The van der Waals surface area contributed by atoms with Crippen molar-refractivity contribution >= 4 is 17.4 Å². The molecule has 4 aromatic rings. The molecule has 1 aliphatic heterocycles. The van der Waals surface area contributed by atoms with Gasteiger partial charge in [0.25, 0.3) is 0 Å². The number of nitrogens with two attached hydrogens (primary N) is 1. The van der Waals surface area contributed by atoms with Gasteiger partial charge in [-0.05, 0) is 41.8 Å². The minimum absolute atomic E-state index is 0.279. The second-order valence-electron chi connectivity index (χ2n) is 6.80. The van der Waals surface area contributed by atoms with E-state index in [1.165, 1.54) is 15.6 Å². The first-order valence-corrected chi connectivity index (χ1v) is 9.22. The van der Waals surface area contributed by atoms with Crippen molar-refractivity contribution in [3.8, 4) is 23.1 Å². The van der Waals surface area contributed by atoms with E-state index in [9.17, 15) is 0 Å². The molecule has 0 fully saturated rings. The molecule has 1 aromatic carbocycles. The summed E-state index contributed by atoms with van der Waals surface area (Å²) in [7, 11) is 3.29. The summed E-state index contributed by atoms with van der Waals surface area (Å²) in [4.78, 5) is 11.3. The van der Waals surface area contributed by atoms with E-state index in [1.54, 1.807) is 26.5 Å². The number of benzene rings is 1. The molecule has 0 amide bonds. The molecule has 148 valence electrons. The van der Waals surface area contributed by atoms with Crippen LogP contribution < -0.4 is 20.1 Å². The first-order valence-electron chi connectivity index (χ1n) is 9.22. The number of nitrogen functional groups attached to an aromatic ring is 1. The lowest BCUT2D eigenvalue weighted by atomic mass is 9.99. The van der Waals surface area contributed by atoms with Crippen molar-refractivity contribution in [1.82, 2.24) is 19.6 Å². The van der Waals surface area contributed by atoms with Crippen molar-refractivity contribution in [3.05, 3.63) is 47.7 Å². The van der Waals surface area contributed by atoms with Gasteiger partial charge >= 0.3 is 0 Å². The highest BCUT2D eigenvalue weighted by atomic mass is 16.5. The Hall–Kier alpha value is -3.75. The van der Waals surface area contributed by atoms with Crippen LogP contribution in [0.5, 0.6) is 11.5 Å². The summed E-state index contributed by atoms with van der Waals surface area (Å²) in [5.74, 6) is 3.56. The van der Waals surface area contributed by atoms with Crippen LogP contribution in [0.2, 0.25) is 0 Å². The third kappa shape index (κ3) is 2.91. The average Bonchev–Trinajstić information content (AvgIpc) is 3.42. The summed E-state index contributed by atoms with van der Waals surface area (Å²) in [5, 5.41) is 4.39. The third-order valence-electron chi connectivity index (χ3n) is 5.12. The molecular formula is C20H20N6O3. The van der Waals surface area contributed by atoms with E-state index in [2.05, 4.69) is 20.0 Å². The number of nitrogens with zero attached hydrogens (tertiary/aromatic N) is 5. The van der Waals surface area contributed by atoms with Crippen molar-refractivity contribution in [2.45, 2.75) is 13.0 Å². The van der Waals surface area contributed by atoms with Crippen LogP contribution in [0.15, 0.2) is 41.0 Å². The van der Waals surface area contributed by atoms with Crippen LogP contribution in [0.3, 0.4) is 0 Å². The van der Waals surface area contributed by atoms with Gasteiger partial charge in [0.05, 0.1) is 20.5 Å². The smallest absolute Gasteiger partial charge is 0.225 e. The maximum absolute atomic E-state index is 6.16. The number of methoxy groups -OCH3 is 2. The van der Waals surface area contributed by atoms with E-state index in [4.69, 9.17) is 19.6 Å². The molecular weight excluding hydrogens is 372 g/mol. The number of ether oxygens (including phenoxy) is 2. The number of aromatic nitrogens is 4. The first-order chi connectivity index (χ1) is 14.2. The number of hydrogen-bond donors (Lipinski definition) is 1. The predicted molar refractivity (Wildman–Crippen MR) is 107 cm³/mol. The van der Waals surface area contributed by atoms with Crippen LogP contribution in [-0.4, -0.2) is 40.3 Å². The molecule has 5 rings (SSSR count). The molecule has 2 N–H and O–H groups in total. The fourth-order valence-corrected chi connectivity index (χ4v) is 3.65. The quantitative estimate of drug-likeness (QED) is 0.565. The average molecular weight is 392 g/mol. The largest absolute Gasteiger partial charge is 0.493 e. The van der Waals surface area contributed by atoms with Gasteiger partial charge in [-0.1, -0.05) is 0 Å². The van der Waals surface area contributed by atoms with Crippen LogP contribution in [0, 0.1) is 0 Å². The molecule has 0 aliphatic carbocycles. The van der Waals surface area contributed by atoms with Gasteiger partial charge < -0.3 is 24.5 Å². The number of anilines is 2. The van der Waals surface area contributed by atoms with Crippen LogP contribution in [-0.2, 0) is 13.0 Å². The highest BCUT2D eigenvalue weighted by Gasteiger charge is 2.22. The molecule has 0 saturated heterocycles. The number of rotatable bonds is 4. The Morgan fingerprint density at radius 1 is 1.07 bits per heavy atom. The van der Waals surface area contributed by atoms with Gasteiger partial charge in [-0.3, -0.25) is 0 Å². The van der Waals surface area contributed by atoms with Crippen molar-refractivity contribution in [3.63, 3.8) is 0 Å². The zero-order valence-corrected chi connectivity index (χ0v) is 16.1. The summed E-state index contributed by atoms with van der Waals surface area (Å²) in [5.41, 5.74) is 9.21. The van der Waals surface area contributed by atoms with E-state index in [1.807, 2.05) is 24.3 Å². The molecule has 0 radical (unpaired) electrons. The minimum atomic E-state index is 0.279. The number of furan rings is 1. The lowest BCUT2D eigenvalue weighted by molar-refractivity contribution is 0.353. The Bertz CT molecular complexity index is 1180. The van der Waals surface area contributed by atoms with Crippen molar-refractivity contribution in [2.24, 2.45) is 0 Å². The molecule has 3 aromatic heterocycles. The summed E-state index contributed by atoms with van der Waals surface area (Å²) >= 11 is 0. The van der Waals surface area contributed by atoms with E-state index in [0.717, 1.165) is 30.3 Å². The fourth-order valence-electron chi connectivity index (χ4n) is 3.65. The molecule has 0 bridgehead atoms. The fraction of sp³-hybridized carbons (Fsp3) is 0.250. The topological polar surface area (TPSA) is 104 Å². The van der Waals surface area contributed by atoms with Gasteiger partial charge in [-0.25, -0.2) is 4.98 Å². The van der Waals surface area contributed by atoms with E-state index in [-0.39, 0.29) is 5.95 Å². The minimum Gasteiger partial charge on any atom is -0.493 e. The van der Waals surface area contributed by atoms with Gasteiger partial charge in [0.1, 0.15) is 5.82 Å². The highest BCUT2D eigenvalue weighted by Crippen LogP contribution is 2.34. The first kappa shape index (κ1) is 17.4. The van der Waals surface area contributed by atoms with Crippen molar-refractivity contribution in [1.29, 1.82) is 0 Å². The second kappa shape index (κ2) is 6.69. The number of hydrogen-bond acceptors (Lipinski definition) is 8. The van der Waals surface area contributed by atoms with Crippen molar-refractivity contribution < 1.29 is 13.9 Å². The normalized spacial score (nSPS) is 13.5. The number of fused-ring (bicyclic) bond motifs is 2. The van der Waals surface area contributed by atoms with Crippen LogP contribution in [0.1, 0.15) is 11.1 Å². The molecule has 1 aliphatic rings. The summed E-state index contributed by atoms with van der Waals surface area (Å²) in [6, 6.07) is 9.56. The molecule has 4 heterocycles. The Balaban J connectivity index is 1.50. The van der Waals surface area contributed by atoms with E-state index >= 15 is 0 Å². The van der Waals surface area contributed by atoms with Crippen LogP contribution in [0.25, 0.3) is 17.2 Å². The van der Waals surface area contributed by atoms with Crippen LogP contribution in [0.4, 0.5) is 11.8 Å². The standard InChI is InChI=1S/C20H20N6O3/c1-27-15-8-12-5-6-25(11-13(12)9-16(15)28-2)17-10-18-22-19(14-4-3-7-29-14)24-26(18)20(21)23-17/h3-4,7-10H,5-6,11H2,1-2H3,(H2,21,23). The SMILES string of the molecule is COc1cc2c(cc1OC)CN(c1cc3nc(-c4ccco4)nn3c(N)n1)CC2. The lowest BCUT2D eigenvalue weighted by Crippen LogP contribution is -2.31. The van der Waals surface area contributed by atoms with E-state index < -0.39 is 0 Å². The molecule has 0 spiro atoms. The zero-order chi connectivity index (χ0) is 20.0. The van der Waals surface area contributed by atoms with Gasteiger partial charge in [0.2, 0.25) is 11.8 Å². The molecule has 9 nitrogen and oxygen atoms in total. The zero-order valence-electron chi connectivity index (χ0n) is 16.1. The monoisotopic (exact) mass is 392 g/mol. The lowest BCUT2D eigenvalue weighted by Gasteiger charge is -2.30. The van der Waals surface area contributed by atoms with Gasteiger partial charge in [-0.15, -0.1) is 5.10 Å². The summed E-state index contributed by atoms with van der Waals surface area (Å²) in [6.45, 7) is 1.50. The van der Waals surface area contributed by atoms with Crippen LogP contribution >= 0.6 is 0 Å². The Morgan fingerprint density at radius 3 is 2.59 bits per heavy atom. The Labute approximate surface area is 166 Å². The van der Waals surface area contributed by atoms with Gasteiger partial charge in [-0.2, -0.15) is 9.50 Å². The molecule has 29 heavy (non-hydrogen) atoms. The van der Waals surface area contributed by atoms with E-state index in [0.29, 0.717) is 23.8 Å². The second-order valence-corrected chi connectivity index (χ2v) is 6.80. The molecule has 0 unspecified atom stereocenters. The molecule has 9 heteroatoms. The molecule has 0 saturated carbocycles. The maximum Gasteiger partial charge on any atom is 0.225 e. The summed E-state index contributed by atoms with van der Waals surface area (Å²) in [6.07, 6.45) is 2.45. The van der Waals surface area contributed by atoms with Gasteiger partial charge in [0, 0.05) is 19.2 Å². The Kier molecular flexibility index (Phi) is 4.01. The maximum atomic E-state index is 6.16. The molecule has 0 atom stereocenters. The predicted octanol–water partition coefficient (Wildman–Crippen LogP) is 2.55. The van der Waals surface area contributed by atoms with Gasteiger partial charge in [0.15, 0.2) is 22.9 Å². The third-order valence-corrected chi connectivity index (χ3v) is 5.12. The summed E-state index contributed by atoms with van der Waals surface area (Å²) < 4.78 is 17.8. The highest BCUT2D eigenvalue weighted by molar-refractivity contribution is 5.60. The van der Waals surface area contributed by atoms with Crippen molar-refractivity contribution in [2.75, 3.05) is 31.4 Å². The Morgan fingerprint density at radius 2 is 1.86 bits per heavy atom.